The first kappa shape index (κ1) is 23.5. The Kier molecular flexibility index (Phi) is 7.89. The topological polar surface area (TPSA) is 47.6 Å². The molecule has 0 fully saturated rings. The van der Waals surface area contributed by atoms with Crippen molar-refractivity contribution in [1.82, 2.24) is 0 Å². The quantitative estimate of drug-likeness (QED) is 0.157. The summed E-state index contributed by atoms with van der Waals surface area (Å²) in [6.45, 7) is 2.14. The number of benzene rings is 4. The average Bonchev–Trinajstić information content (AvgIpc) is 2.87. The Bertz CT molecular complexity index is 1300. The molecule has 0 aliphatic carbocycles. The lowest BCUT2D eigenvalue weighted by Crippen LogP contribution is -2.00. The highest BCUT2D eigenvalue weighted by atomic mass is 32.2. The first-order valence-corrected chi connectivity index (χ1v) is 12.1. The molecule has 0 saturated carbocycles. The number of anilines is 2. The van der Waals surface area contributed by atoms with E-state index in [1.54, 1.807) is 31.9 Å². The van der Waals surface area contributed by atoms with E-state index >= 15 is 0 Å². The Hall–Kier alpha value is -3.70. The van der Waals surface area contributed by atoms with E-state index in [2.05, 4.69) is 47.8 Å². The molecule has 4 aromatic carbocycles. The smallest absolute Gasteiger partial charge is 0.330 e. The summed E-state index contributed by atoms with van der Waals surface area (Å²) in [6, 6.07) is 28.8. The zero-order valence-corrected chi connectivity index (χ0v) is 20.1. The Labute approximate surface area is 204 Å². The molecule has 0 amide bonds. The third kappa shape index (κ3) is 6.00. The fraction of sp³-hybridized carbons (Fsp3) is 0.138. The summed E-state index contributed by atoms with van der Waals surface area (Å²) in [4.78, 5) is 13.1. The maximum absolute atomic E-state index is 12.0. The van der Waals surface area contributed by atoms with Crippen molar-refractivity contribution in [2.75, 3.05) is 19.0 Å². The first-order valence-electron chi connectivity index (χ1n) is 11.2. The van der Waals surface area contributed by atoms with Gasteiger partial charge in [0.05, 0.1) is 19.4 Å². The van der Waals surface area contributed by atoms with Crippen LogP contribution in [0, 0.1) is 0 Å². The van der Waals surface area contributed by atoms with E-state index < -0.39 is 0 Å². The summed E-state index contributed by atoms with van der Waals surface area (Å²) >= 11 is 1.75. The molecule has 4 rings (SSSR count). The highest BCUT2D eigenvalue weighted by Gasteiger charge is 2.10. The molecule has 4 aromatic rings. The number of rotatable bonds is 9. The standard InChI is InChI=1S/C29H27NO3S/c1-3-33-29(31)16-13-24-17-25(34-20-21-9-5-4-6-10-21)14-15-26(24)30-27-18-22-11-7-8-12-23(22)19-28(27)32-2/h4-19,30H,3,20H2,1-2H3. The largest absolute Gasteiger partial charge is 0.495 e. The third-order valence-corrected chi connectivity index (χ3v) is 6.36. The number of methoxy groups -OCH3 is 1. The zero-order valence-electron chi connectivity index (χ0n) is 19.3. The number of hydrogen-bond donors (Lipinski definition) is 1. The number of ether oxygens (including phenoxy) is 2. The van der Waals surface area contributed by atoms with Crippen molar-refractivity contribution in [3.63, 3.8) is 0 Å². The summed E-state index contributed by atoms with van der Waals surface area (Å²) in [5, 5.41) is 5.73. The second-order valence-corrected chi connectivity index (χ2v) is 8.68. The summed E-state index contributed by atoms with van der Waals surface area (Å²) in [5.41, 5.74) is 3.88. The highest BCUT2D eigenvalue weighted by Crippen LogP contribution is 2.35. The highest BCUT2D eigenvalue weighted by molar-refractivity contribution is 7.98. The number of nitrogens with one attached hydrogen (secondary N) is 1. The number of carbonyl (C=O) groups excluding carboxylic acids is 1. The Morgan fingerprint density at radius 1 is 0.912 bits per heavy atom. The van der Waals surface area contributed by atoms with Gasteiger partial charge in [0.1, 0.15) is 5.75 Å². The lowest BCUT2D eigenvalue weighted by Gasteiger charge is -2.15. The molecule has 0 aromatic heterocycles. The molecule has 0 spiro atoms. The fourth-order valence-corrected chi connectivity index (χ4v) is 4.50. The van der Waals surface area contributed by atoms with E-state index in [-0.39, 0.29) is 5.97 Å². The van der Waals surface area contributed by atoms with Gasteiger partial charge in [0.15, 0.2) is 0 Å². The van der Waals surface area contributed by atoms with Crippen LogP contribution in [-0.2, 0) is 15.3 Å². The van der Waals surface area contributed by atoms with Crippen LogP contribution in [0.25, 0.3) is 16.8 Å². The van der Waals surface area contributed by atoms with Gasteiger partial charge < -0.3 is 14.8 Å². The van der Waals surface area contributed by atoms with Crippen LogP contribution in [-0.4, -0.2) is 19.7 Å². The van der Waals surface area contributed by atoms with Gasteiger partial charge in [-0.3, -0.25) is 0 Å². The Morgan fingerprint density at radius 3 is 2.38 bits per heavy atom. The lowest BCUT2D eigenvalue weighted by molar-refractivity contribution is -0.137. The minimum absolute atomic E-state index is 0.343. The van der Waals surface area contributed by atoms with Crippen LogP contribution in [0.3, 0.4) is 0 Å². The predicted molar refractivity (Wildman–Crippen MR) is 142 cm³/mol. The molecule has 34 heavy (non-hydrogen) atoms. The van der Waals surface area contributed by atoms with Crippen molar-refractivity contribution in [1.29, 1.82) is 0 Å². The van der Waals surface area contributed by atoms with E-state index in [9.17, 15) is 4.79 Å². The van der Waals surface area contributed by atoms with Crippen LogP contribution in [0.1, 0.15) is 18.1 Å². The number of hydrogen-bond acceptors (Lipinski definition) is 5. The minimum Gasteiger partial charge on any atom is -0.495 e. The van der Waals surface area contributed by atoms with E-state index in [0.717, 1.165) is 44.1 Å². The number of carbonyl (C=O) groups is 1. The molecule has 172 valence electrons. The summed E-state index contributed by atoms with van der Waals surface area (Å²) in [6.07, 6.45) is 3.26. The van der Waals surface area contributed by atoms with Crippen LogP contribution >= 0.6 is 11.8 Å². The van der Waals surface area contributed by atoms with E-state index in [1.807, 2.05) is 42.5 Å². The van der Waals surface area contributed by atoms with Crippen molar-refractivity contribution in [3.8, 4) is 5.75 Å². The van der Waals surface area contributed by atoms with Crippen LogP contribution in [0.15, 0.2) is 95.9 Å². The predicted octanol–water partition coefficient (Wildman–Crippen LogP) is 7.46. The first-order chi connectivity index (χ1) is 16.7. The van der Waals surface area contributed by atoms with Crippen molar-refractivity contribution < 1.29 is 14.3 Å². The van der Waals surface area contributed by atoms with Crippen molar-refractivity contribution in [2.24, 2.45) is 0 Å². The van der Waals surface area contributed by atoms with E-state index in [4.69, 9.17) is 9.47 Å². The second kappa shape index (κ2) is 11.4. The Morgan fingerprint density at radius 2 is 1.65 bits per heavy atom. The van der Waals surface area contributed by atoms with Gasteiger partial charge in [-0.05, 0) is 65.2 Å². The van der Waals surface area contributed by atoms with Crippen LogP contribution < -0.4 is 10.1 Å². The molecule has 4 nitrogen and oxygen atoms in total. The van der Waals surface area contributed by atoms with Gasteiger partial charge in [-0.2, -0.15) is 0 Å². The SMILES string of the molecule is CCOC(=O)C=Cc1cc(SCc2ccccc2)ccc1Nc1cc2ccccc2cc1OC. The third-order valence-electron chi connectivity index (χ3n) is 5.29. The van der Waals surface area contributed by atoms with Crippen molar-refractivity contribution in [2.45, 2.75) is 17.6 Å². The molecule has 0 aliphatic heterocycles. The number of thioether (sulfide) groups is 1. The minimum atomic E-state index is -0.362. The molecular formula is C29H27NO3S. The normalized spacial score (nSPS) is 11.0. The molecule has 0 radical (unpaired) electrons. The Balaban J connectivity index is 1.65. The molecule has 0 heterocycles. The molecule has 1 N–H and O–H groups in total. The van der Waals surface area contributed by atoms with Gasteiger partial charge in [0, 0.05) is 22.4 Å². The van der Waals surface area contributed by atoms with Crippen molar-refractivity contribution >= 4 is 46.0 Å². The monoisotopic (exact) mass is 469 g/mol. The summed E-state index contributed by atoms with van der Waals surface area (Å²) in [5.74, 6) is 1.26. The molecule has 0 aliphatic rings. The van der Waals surface area contributed by atoms with Crippen LogP contribution in [0.5, 0.6) is 5.75 Å². The fourth-order valence-electron chi connectivity index (χ4n) is 3.60. The summed E-state index contributed by atoms with van der Waals surface area (Å²) < 4.78 is 10.7. The maximum atomic E-state index is 12.0. The van der Waals surface area contributed by atoms with Gasteiger partial charge in [-0.1, -0.05) is 54.6 Å². The molecule has 0 bridgehead atoms. The van der Waals surface area contributed by atoms with Gasteiger partial charge >= 0.3 is 5.97 Å². The van der Waals surface area contributed by atoms with Gasteiger partial charge in [0.2, 0.25) is 0 Å². The number of esters is 1. The number of fused-ring (bicyclic) bond motifs is 1. The van der Waals surface area contributed by atoms with Gasteiger partial charge in [-0.25, -0.2) is 4.79 Å². The second-order valence-electron chi connectivity index (χ2n) is 7.63. The maximum Gasteiger partial charge on any atom is 0.330 e. The molecule has 5 heteroatoms. The van der Waals surface area contributed by atoms with Crippen LogP contribution in [0.4, 0.5) is 11.4 Å². The summed E-state index contributed by atoms with van der Waals surface area (Å²) in [7, 11) is 1.67. The average molecular weight is 470 g/mol. The van der Waals surface area contributed by atoms with Gasteiger partial charge in [-0.15, -0.1) is 11.8 Å². The van der Waals surface area contributed by atoms with E-state index in [1.165, 1.54) is 11.6 Å². The van der Waals surface area contributed by atoms with Gasteiger partial charge in [0.25, 0.3) is 0 Å². The van der Waals surface area contributed by atoms with Crippen molar-refractivity contribution in [3.05, 3.63) is 102 Å². The van der Waals surface area contributed by atoms with E-state index in [0.29, 0.717) is 6.61 Å². The molecule has 0 saturated heterocycles. The van der Waals surface area contributed by atoms with Crippen LogP contribution in [0.2, 0.25) is 0 Å². The lowest BCUT2D eigenvalue weighted by atomic mass is 10.1. The molecule has 0 atom stereocenters. The molecule has 0 unspecified atom stereocenters. The zero-order chi connectivity index (χ0) is 23.8. The molecular weight excluding hydrogens is 442 g/mol.